The molecular weight excluding hydrogens is 220 g/mol. The van der Waals surface area contributed by atoms with Crippen molar-refractivity contribution in [1.29, 1.82) is 0 Å². The maximum atomic E-state index is 4.32. The first-order valence-corrected chi connectivity index (χ1v) is 6.01. The Bertz CT molecular complexity index is 690. The van der Waals surface area contributed by atoms with Crippen LogP contribution in [-0.4, -0.2) is 10.2 Å². The molecule has 0 amide bonds. The third-order valence-corrected chi connectivity index (χ3v) is 3.01. The summed E-state index contributed by atoms with van der Waals surface area (Å²) < 4.78 is 0. The molecule has 0 unspecified atom stereocenters. The number of para-hydroxylation sites is 1. The molecule has 0 aliphatic heterocycles. The van der Waals surface area contributed by atoms with Crippen LogP contribution >= 0.6 is 0 Å². The van der Waals surface area contributed by atoms with Gasteiger partial charge in [0, 0.05) is 5.39 Å². The minimum absolute atomic E-state index is 0.978. The fourth-order valence-electron chi connectivity index (χ4n) is 1.96. The first-order chi connectivity index (χ1) is 8.83. The standard InChI is InChI=1S/C16H14N2/c1-12-6-8-13(9-7-12)10-11-16-14-4-2-3-5-15(14)17-18-16/h2-11H,1H3,(H,17,18)/b11-10+. The fraction of sp³-hybridized carbons (Fsp3) is 0.0625. The molecule has 0 atom stereocenters. The molecule has 0 aliphatic rings. The normalized spacial score (nSPS) is 11.4. The summed E-state index contributed by atoms with van der Waals surface area (Å²) in [5, 5.41) is 8.50. The zero-order chi connectivity index (χ0) is 12.4. The van der Waals surface area contributed by atoms with Crippen LogP contribution in [-0.2, 0) is 0 Å². The van der Waals surface area contributed by atoms with Gasteiger partial charge in [-0.3, -0.25) is 5.10 Å². The van der Waals surface area contributed by atoms with Crippen molar-refractivity contribution in [2.45, 2.75) is 6.92 Å². The Morgan fingerprint density at radius 2 is 1.72 bits per heavy atom. The molecule has 0 saturated carbocycles. The first kappa shape index (κ1) is 10.8. The van der Waals surface area contributed by atoms with Crippen LogP contribution in [0.25, 0.3) is 23.1 Å². The molecule has 3 aromatic rings. The second kappa shape index (κ2) is 4.49. The van der Waals surface area contributed by atoms with Gasteiger partial charge in [0.1, 0.15) is 0 Å². The van der Waals surface area contributed by atoms with Gasteiger partial charge in [-0.1, -0.05) is 54.1 Å². The van der Waals surface area contributed by atoms with E-state index in [1.165, 1.54) is 11.1 Å². The quantitative estimate of drug-likeness (QED) is 0.712. The SMILES string of the molecule is Cc1ccc(/C=C/c2n[nH]c3ccccc23)cc1. The summed E-state index contributed by atoms with van der Waals surface area (Å²) in [5.41, 5.74) is 4.51. The van der Waals surface area contributed by atoms with Gasteiger partial charge in [-0.2, -0.15) is 5.10 Å². The van der Waals surface area contributed by atoms with Gasteiger partial charge >= 0.3 is 0 Å². The third kappa shape index (κ3) is 2.05. The van der Waals surface area contributed by atoms with Crippen LogP contribution in [0.3, 0.4) is 0 Å². The number of fused-ring (bicyclic) bond motifs is 1. The van der Waals surface area contributed by atoms with Crippen molar-refractivity contribution in [1.82, 2.24) is 10.2 Å². The van der Waals surface area contributed by atoms with Crippen LogP contribution < -0.4 is 0 Å². The Kier molecular flexibility index (Phi) is 2.69. The van der Waals surface area contributed by atoms with Crippen molar-refractivity contribution in [3.8, 4) is 0 Å². The minimum atomic E-state index is 0.978. The molecule has 2 nitrogen and oxygen atoms in total. The van der Waals surface area contributed by atoms with Crippen LogP contribution in [0.1, 0.15) is 16.8 Å². The minimum Gasteiger partial charge on any atom is -0.277 e. The van der Waals surface area contributed by atoms with E-state index in [2.05, 4.69) is 53.5 Å². The van der Waals surface area contributed by atoms with Crippen LogP contribution in [0.4, 0.5) is 0 Å². The molecule has 18 heavy (non-hydrogen) atoms. The Morgan fingerprint density at radius 3 is 2.56 bits per heavy atom. The monoisotopic (exact) mass is 234 g/mol. The van der Waals surface area contributed by atoms with Crippen molar-refractivity contribution in [2.75, 3.05) is 0 Å². The molecule has 0 radical (unpaired) electrons. The zero-order valence-electron chi connectivity index (χ0n) is 10.2. The fourth-order valence-corrected chi connectivity index (χ4v) is 1.96. The number of aromatic amines is 1. The second-order valence-corrected chi connectivity index (χ2v) is 4.40. The van der Waals surface area contributed by atoms with Crippen LogP contribution in [0.15, 0.2) is 48.5 Å². The second-order valence-electron chi connectivity index (χ2n) is 4.40. The van der Waals surface area contributed by atoms with E-state index in [1.54, 1.807) is 0 Å². The highest BCUT2D eigenvalue weighted by Gasteiger charge is 2.00. The summed E-state index contributed by atoms with van der Waals surface area (Å²) >= 11 is 0. The predicted octanol–water partition coefficient (Wildman–Crippen LogP) is 4.04. The van der Waals surface area contributed by atoms with Crippen molar-refractivity contribution < 1.29 is 0 Å². The van der Waals surface area contributed by atoms with E-state index in [1.807, 2.05) is 24.3 Å². The van der Waals surface area contributed by atoms with E-state index in [-0.39, 0.29) is 0 Å². The number of nitrogens with one attached hydrogen (secondary N) is 1. The Labute approximate surface area is 106 Å². The Hall–Kier alpha value is -2.35. The largest absolute Gasteiger partial charge is 0.277 e. The number of hydrogen-bond donors (Lipinski definition) is 1. The lowest BCUT2D eigenvalue weighted by Crippen LogP contribution is -1.75. The molecule has 0 saturated heterocycles. The molecular formula is C16H14N2. The molecule has 0 spiro atoms. The summed E-state index contributed by atoms with van der Waals surface area (Å²) in [6.07, 6.45) is 4.13. The van der Waals surface area contributed by atoms with Crippen molar-refractivity contribution >= 4 is 23.1 Å². The van der Waals surface area contributed by atoms with Gasteiger partial charge in [-0.05, 0) is 24.6 Å². The maximum absolute atomic E-state index is 4.32. The van der Waals surface area contributed by atoms with Crippen LogP contribution in [0.2, 0.25) is 0 Å². The summed E-state index contributed by atoms with van der Waals surface area (Å²) in [5.74, 6) is 0. The molecule has 1 heterocycles. The number of aryl methyl sites for hydroxylation is 1. The highest BCUT2D eigenvalue weighted by molar-refractivity contribution is 5.89. The summed E-state index contributed by atoms with van der Waals surface area (Å²) in [6, 6.07) is 16.6. The number of aromatic nitrogens is 2. The van der Waals surface area contributed by atoms with Crippen LogP contribution in [0.5, 0.6) is 0 Å². The van der Waals surface area contributed by atoms with Crippen molar-refractivity contribution in [2.24, 2.45) is 0 Å². The number of H-pyrrole nitrogens is 1. The Balaban J connectivity index is 1.94. The molecule has 1 aromatic heterocycles. The molecule has 0 bridgehead atoms. The summed E-state index contributed by atoms with van der Waals surface area (Å²) in [4.78, 5) is 0. The van der Waals surface area contributed by atoms with Gasteiger partial charge in [0.05, 0.1) is 11.2 Å². The first-order valence-electron chi connectivity index (χ1n) is 6.01. The molecule has 0 fully saturated rings. The predicted molar refractivity (Wildman–Crippen MR) is 76.2 cm³/mol. The lowest BCUT2D eigenvalue weighted by atomic mass is 10.1. The van der Waals surface area contributed by atoms with Gasteiger partial charge in [-0.15, -0.1) is 0 Å². The molecule has 0 aliphatic carbocycles. The summed E-state index contributed by atoms with van der Waals surface area (Å²) in [7, 11) is 0. The average Bonchev–Trinajstić information content (AvgIpc) is 2.82. The molecule has 1 N–H and O–H groups in total. The van der Waals surface area contributed by atoms with Crippen LogP contribution in [0, 0.1) is 6.92 Å². The zero-order valence-corrected chi connectivity index (χ0v) is 10.2. The van der Waals surface area contributed by atoms with E-state index in [9.17, 15) is 0 Å². The van der Waals surface area contributed by atoms with Crippen molar-refractivity contribution in [3.63, 3.8) is 0 Å². The Morgan fingerprint density at radius 1 is 0.944 bits per heavy atom. The molecule has 88 valence electrons. The van der Waals surface area contributed by atoms with E-state index < -0.39 is 0 Å². The topological polar surface area (TPSA) is 28.7 Å². The van der Waals surface area contributed by atoms with E-state index in [4.69, 9.17) is 0 Å². The van der Waals surface area contributed by atoms with E-state index in [0.29, 0.717) is 0 Å². The lowest BCUT2D eigenvalue weighted by Gasteiger charge is -1.94. The van der Waals surface area contributed by atoms with Gasteiger partial charge in [-0.25, -0.2) is 0 Å². The van der Waals surface area contributed by atoms with E-state index >= 15 is 0 Å². The molecule has 2 heteroatoms. The van der Waals surface area contributed by atoms with Crippen molar-refractivity contribution in [3.05, 3.63) is 65.4 Å². The summed E-state index contributed by atoms with van der Waals surface area (Å²) in [6.45, 7) is 2.09. The number of rotatable bonds is 2. The maximum Gasteiger partial charge on any atom is 0.0927 e. The number of nitrogens with zero attached hydrogens (tertiary/aromatic N) is 1. The lowest BCUT2D eigenvalue weighted by molar-refractivity contribution is 1.11. The highest BCUT2D eigenvalue weighted by atomic mass is 15.1. The van der Waals surface area contributed by atoms with Gasteiger partial charge < -0.3 is 0 Å². The van der Waals surface area contributed by atoms with E-state index in [0.717, 1.165) is 16.6 Å². The number of hydrogen-bond acceptors (Lipinski definition) is 1. The highest BCUT2D eigenvalue weighted by Crippen LogP contribution is 2.17. The third-order valence-electron chi connectivity index (χ3n) is 3.01. The number of benzene rings is 2. The molecule has 2 aromatic carbocycles. The van der Waals surface area contributed by atoms with Gasteiger partial charge in [0.2, 0.25) is 0 Å². The molecule has 3 rings (SSSR count). The smallest absolute Gasteiger partial charge is 0.0927 e. The average molecular weight is 234 g/mol. The van der Waals surface area contributed by atoms with Gasteiger partial charge in [0.15, 0.2) is 0 Å². The van der Waals surface area contributed by atoms with Gasteiger partial charge in [0.25, 0.3) is 0 Å².